The Labute approximate surface area is 156 Å². The Morgan fingerprint density at radius 1 is 0.962 bits per heavy atom. The molecule has 0 fully saturated rings. The van der Waals surface area contributed by atoms with Gasteiger partial charge in [0.05, 0.1) is 0 Å². The van der Waals surface area contributed by atoms with E-state index in [1.807, 2.05) is 23.1 Å². The molecule has 0 aromatic heterocycles. The van der Waals surface area contributed by atoms with Crippen LogP contribution in [0.1, 0.15) is 30.9 Å². The molecular formula is C22H28N2O2. The molecule has 3 rings (SSSR count). The van der Waals surface area contributed by atoms with Crippen molar-refractivity contribution in [3.05, 3.63) is 65.7 Å². The first-order valence-corrected chi connectivity index (χ1v) is 9.45. The Morgan fingerprint density at radius 3 is 2.50 bits per heavy atom. The zero-order valence-corrected chi connectivity index (χ0v) is 15.6. The van der Waals surface area contributed by atoms with Crippen molar-refractivity contribution in [2.75, 3.05) is 26.2 Å². The third-order valence-corrected chi connectivity index (χ3v) is 4.85. The molecule has 1 amide bonds. The van der Waals surface area contributed by atoms with Gasteiger partial charge in [0.25, 0.3) is 0 Å². The van der Waals surface area contributed by atoms with Gasteiger partial charge in [-0.2, -0.15) is 0 Å². The second kappa shape index (κ2) is 9.39. The maximum atomic E-state index is 12.0. The number of carbonyl (C=O) groups is 1. The van der Waals surface area contributed by atoms with Crippen LogP contribution in [0.3, 0.4) is 0 Å². The third-order valence-electron chi connectivity index (χ3n) is 4.85. The number of carbonyl (C=O) groups excluding carboxylic acids is 1. The van der Waals surface area contributed by atoms with Crippen LogP contribution < -0.4 is 4.74 Å². The van der Waals surface area contributed by atoms with Crippen molar-refractivity contribution in [1.82, 2.24) is 9.80 Å². The monoisotopic (exact) mass is 352 g/mol. The second-order valence-corrected chi connectivity index (χ2v) is 6.87. The number of rotatable bonds is 2. The number of hydrogen-bond donors (Lipinski definition) is 0. The van der Waals surface area contributed by atoms with E-state index in [0.717, 1.165) is 50.3 Å². The van der Waals surface area contributed by atoms with Crippen LogP contribution in [0.5, 0.6) is 5.75 Å². The highest BCUT2D eigenvalue weighted by Crippen LogP contribution is 2.21. The molecular weight excluding hydrogens is 324 g/mol. The molecule has 2 aromatic rings. The van der Waals surface area contributed by atoms with E-state index < -0.39 is 0 Å². The molecule has 0 N–H and O–H groups in total. The summed E-state index contributed by atoms with van der Waals surface area (Å²) in [5.74, 6) is 1.01. The number of para-hydroxylation sites is 1. The van der Waals surface area contributed by atoms with Crippen LogP contribution >= 0.6 is 0 Å². The van der Waals surface area contributed by atoms with Crippen molar-refractivity contribution >= 4 is 5.91 Å². The Kier molecular flexibility index (Phi) is 6.67. The summed E-state index contributed by atoms with van der Waals surface area (Å²) in [6.45, 7) is 6.58. The van der Waals surface area contributed by atoms with E-state index in [-0.39, 0.29) is 5.91 Å². The Bertz CT molecular complexity index is 702. The molecule has 0 unspecified atom stereocenters. The number of fused-ring (bicyclic) bond motifs is 1. The molecule has 1 aliphatic heterocycles. The first-order chi connectivity index (χ1) is 12.7. The number of amides is 1. The van der Waals surface area contributed by atoms with E-state index in [1.54, 1.807) is 6.92 Å². The van der Waals surface area contributed by atoms with Crippen LogP contribution in [0.2, 0.25) is 0 Å². The molecule has 4 nitrogen and oxygen atoms in total. The van der Waals surface area contributed by atoms with Gasteiger partial charge in [-0.1, -0.05) is 48.5 Å². The van der Waals surface area contributed by atoms with E-state index in [9.17, 15) is 4.79 Å². The fourth-order valence-corrected chi connectivity index (χ4v) is 3.36. The minimum Gasteiger partial charge on any atom is -0.492 e. The van der Waals surface area contributed by atoms with Gasteiger partial charge in [-0.15, -0.1) is 0 Å². The molecule has 1 heterocycles. The minimum atomic E-state index is 0.123. The summed E-state index contributed by atoms with van der Waals surface area (Å²) in [5, 5.41) is 0. The summed E-state index contributed by atoms with van der Waals surface area (Å²) in [6.07, 6.45) is 2.10. The predicted octanol–water partition coefficient (Wildman–Crippen LogP) is 3.71. The molecule has 0 radical (unpaired) electrons. The largest absolute Gasteiger partial charge is 0.492 e. The lowest BCUT2D eigenvalue weighted by Gasteiger charge is -2.27. The van der Waals surface area contributed by atoms with Crippen molar-refractivity contribution in [2.45, 2.75) is 32.9 Å². The van der Waals surface area contributed by atoms with Crippen LogP contribution in [-0.2, 0) is 17.9 Å². The predicted molar refractivity (Wildman–Crippen MR) is 104 cm³/mol. The van der Waals surface area contributed by atoms with Gasteiger partial charge in [0, 0.05) is 38.7 Å². The molecule has 0 atom stereocenters. The van der Waals surface area contributed by atoms with Gasteiger partial charge >= 0.3 is 0 Å². The molecule has 138 valence electrons. The van der Waals surface area contributed by atoms with Crippen LogP contribution in [0, 0.1) is 0 Å². The van der Waals surface area contributed by atoms with E-state index in [0.29, 0.717) is 13.2 Å². The quantitative estimate of drug-likeness (QED) is 0.826. The minimum absolute atomic E-state index is 0.123. The molecule has 0 saturated carbocycles. The lowest BCUT2D eigenvalue weighted by Crippen LogP contribution is -2.33. The number of ether oxygens (including phenoxy) is 1. The summed E-state index contributed by atoms with van der Waals surface area (Å²) in [7, 11) is 0. The zero-order chi connectivity index (χ0) is 18.2. The van der Waals surface area contributed by atoms with Crippen molar-refractivity contribution in [1.29, 1.82) is 0 Å². The molecule has 26 heavy (non-hydrogen) atoms. The first kappa shape index (κ1) is 18.5. The summed E-state index contributed by atoms with van der Waals surface area (Å²) >= 11 is 0. The number of hydrogen-bond acceptors (Lipinski definition) is 3. The lowest BCUT2D eigenvalue weighted by molar-refractivity contribution is -0.129. The van der Waals surface area contributed by atoms with Crippen molar-refractivity contribution in [3.63, 3.8) is 0 Å². The molecule has 0 saturated heterocycles. The maximum absolute atomic E-state index is 12.0. The molecule has 0 aliphatic carbocycles. The highest BCUT2D eigenvalue weighted by atomic mass is 16.5. The Balaban J connectivity index is 1.71. The highest BCUT2D eigenvalue weighted by Gasteiger charge is 2.15. The van der Waals surface area contributed by atoms with Crippen molar-refractivity contribution in [3.8, 4) is 5.75 Å². The van der Waals surface area contributed by atoms with Gasteiger partial charge in [-0.3, -0.25) is 9.69 Å². The normalized spacial score (nSPS) is 16.7. The fraction of sp³-hybridized carbons (Fsp3) is 0.409. The van der Waals surface area contributed by atoms with Gasteiger partial charge in [0.15, 0.2) is 0 Å². The zero-order valence-electron chi connectivity index (χ0n) is 15.6. The summed E-state index contributed by atoms with van der Waals surface area (Å²) in [6, 6.07) is 18.6. The van der Waals surface area contributed by atoms with Gasteiger partial charge in [-0.25, -0.2) is 0 Å². The molecule has 0 bridgehead atoms. The van der Waals surface area contributed by atoms with Gasteiger partial charge < -0.3 is 9.64 Å². The van der Waals surface area contributed by atoms with Gasteiger partial charge in [0.2, 0.25) is 5.91 Å². The second-order valence-electron chi connectivity index (χ2n) is 6.87. The van der Waals surface area contributed by atoms with Crippen molar-refractivity contribution in [2.24, 2.45) is 0 Å². The van der Waals surface area contributed by atoms with Crippen LogP contribution in [0.15, 0.2) is 54.6 Å². The molecule has 2 aromatic carbocycles. The number of benzene rings is 2. The first-order valence-electron chi connectivity index (χ1n) is 9.45. The van der Waals surface area contributed by atoms with Crippen molar-refractivity contribution < 1.29 is 9.53 Å². The summed E-state index contributed by atoms with van der Waals surface area (Å²) < 4.78 is 6.08. The van der Waals surface area contributed by atoms with E-state index in [2.05, 4.69) is 41.3 Å². The molecule has 1 aliphatic rings. The summed E-state index contributed by atoms with van der Waals surface area (Å²) in [5.41, 5.74) is 2.41. The van der Waals surface area contributed by atoms with Gasteiger partial charge in [0.1, 0.15) is 12.4 Å². The number of nitrogens with zero attached hydrogens (tertiary/aromatic N) is 2. The van der Waals surface area contributed by atoms with Gasteiger partial charge in [-0.05, 0) is 31.0 Å². The SMILES string of the molecule is CC(=O)N1CCCCN(Cc2ccccc2)CCOc2ccccc2C1. The third kappa shape index (κ3) is 5.33. The van der Waals surface area contributed by atoms with E-state index in [1.165, 1.54) is 5.56 Å². The van der Waals surface area contributed by atoms with E-state index >= 15 is 0 Å². The lowest BCUT2D eigenvalue weighted by atomic mass is 10.1. The fourth-order valence-electron chi connectivity index (χ4n) is 3.36. The molecule has 4 heteroatoms. The average Bonchev–Trinajstić information content (AvgIpc) is 2.64. The standard InChI is InChI=1S/C22H28N2O2/c1-19(25)24-14-8-7-13-23(17-20-9-3-2-4-10-20)15-16-26-22-12-6-5-11-21(22)18-24/h2-6,9-12H,7-8,13-18H2,1H3. The maximum Gasteiger partial charge on any atom is 0.219 e. The molecule has 0 spiro atoms. The smallest absolute Gasteiger partial charge is 0.219 e. The summed E-state index contributed by atoms with van der Waals surface area (Å²) in [4.78, 5) is 16.4. The van der Waals surface area contributed by atoms with E-state index in [4.69, 9.17) is 4.74 Å². The average molecular weight is 352 g/mol. The Morgan fingerprint density at radius 2 is 1.69 bits per heavy atom. The van der Waals surface area contributed by atoms with Crippen LogP contribution in [0.25, 0.3) is 0 Å². The van der Waals surface area contributed by atoms with Crippen LogP contribution in [0.4, 0.5) is 0 Å². The topological polar surface area (TPSA) is 32.8 Å². The highest BCUT2D eigenvalue weighted by molar-refractivity contribution is 5.73. The van der Waals surface area contributed by atoms with Crippen LogP contribution in [-0.4, -0.2) is 41.9 Å². The Hall–Kier alpha value is -2.33.